The smallest absolute Gasteiger partial charge is 0.292 e. The fraction of sp³-hybridized carbons (Fsp3) is 0.0556. The van der Waals surface area contributed by atoms with E-state index in [0.29, 0.717) is 0 Å². The highest BCUT2D eigenvalue weighted by Gasteiger charge is 2.36. The quantitative estimate of drug-likeness (QED) is 0.294. The van der Waals surface area contributed by atoms with Crippen LogP contribution in [0.2, 0.25) is 0 Å². The zero-order valence-corrected chi connectivity index (χ0v) is 16.0. The van der Waals surface area contributed by atoms with Crippen LogP contribution >= 0.6 is 27.7 Å². The Balaban J connectivity index is 1.74. The summed E-state index contributed by atoms with van der Waals surface area (Å²) in [6.07, 6.45) is 1.59. The number of thioether (sulfide) groups is 1. The number of rotatable bonds is 5. The second-order valence-corrected chi connectivity index (χ2v) is 7.46. The maximum atomic E-state index is 12.5. The molecule has 0 radical (unpaired) electrons. The molecule has 27 heavy (non-hydrogen) atoms. The molecule has 0 unspecified atom stereocenters. The van der Waals surface area contributed by atoms with E-state index in [1.165, 1.54) is 24.3 Å². The van der Waals surface area contributed by atoms with E-state index in [1.54, 1.807) is 18.2 Å². The van der Waals surface area contributed by atoms with E-state index in [2.05, 4.69) is 15.9 Å². The molecular formula is C18H11BrN2O5S. The summed E-state index contributed by atoms with van der Waals surface area (Å²) >= 11 is 4.09. The van der Waals surface area contributed by atoms with Gasteiger partial charge in [0.25, 0.3) is 16.8 Å². The second-order valence-electron chi connectivity index (χ2n) is 5.55. The first-order valence-electron chi connectivity index (χ1n) is 7.64. The van der Waals surface area contributed by atoms with Crippen LogP contribution in [0.5, 0.6) is 0 Å². The maximum absolute atomic E-state index is 12.5. The van der Waals surface area contributed by atoms with Crippen molar-refractivity contribution in [2.24, 2.45) is 0 Å². The molecule has 2 aromatic rings. The van der Waals surface area contributed by atoms with Gasteiger partial charge >= 0.3 is 0 Å². The van der Waals surface area contributed by atoms with Crippen molar-refractivity contribution in [3.8, 4) is 0 Å². The van der Waals surface area contributed by atoms with Gasteiger partial charge in [0.1, 0.15) is 0 Å². The summed E-state index contributed by atoms with van der Waals surface area (Å²) in [6.45, 7) is -0.417. The first kappa shape index (κ1) is 19.0. The van der Waals surface area contributed by atoms with E-state index in [9.17, 15) is 24.5 Å². The van der Waals surface area contributed by atoms with Crippen molar-refractivity contribution < 1.29 is 19.3 Å². The number of carbonyl (C=O) groups is 3. The third kappa shape index (κ3) is 4.32. The number of hydrogen-bond donors (Lipinski definition) is 0. The Hall–Kier alpha value is -2.78. The molecule has 2 aromatic carbocycles. The second kappa shape index (κ2) is 7.85. The van der Waals surface area contributed by atoms with Gasteiger partial charge in [0.2, 0.25) is 0 Å². The SMILES string of the molecule is O=C(CN1C(=O)S/C(=C/c2ccc(Br)cc2)C1=O)c1ccc([N+](=O)[O-])cc1. The predicted molar refractivity (Wildman–Crippen MR) is 104 cm³/mol. The molecule has 0 aliphatic carbocycles. The zero-order chi connectivity index (χ0) is 19.6. The highest BCUT2D eigenvalue weighted by molar-refractivity contribution is 9.10. The van der Waals surface area contributed by atoms with Crippen LogP contribution in [-0.4, -0.2) is 33.3 Å². The number of halogens is 1. The topological polar surface area (TPSA) is 97.6 Å². The van der Waals surface area contributed by atoms with E-state index in [-0.39, 0.29) is 16.2 Å². The van der Waals surface area contributed by atoms with Crippen molar-refractivity contribution in [3.05, 3.63) is 79.2 Å². The van der Waals surface area contributed by atoms with Gasteiger partial charge in [-0.25, -0.2) is 0 Å². The summed E-state index contributed by atoms with van der Waals surface area (Å²) in [5, 5.41) is 10.1. The largest absolute Gasteiger partial charge is 0.293 e. The summed E-state index contributed by atoms with van der Waals surface area (Å²) in [4.78, 5) is 48.1. The van der Waals surface area contributed by atoms with Gasteiger partial charge in [0.15, 0.2) is 5.78 Å². The van der Waals surface area contributed by atoms with Crippen molar-refractivity contribution in [1.29, 1.82) is 0 Å². The Kier molecular flexibility index (Phi) is 5.52. The molecule has 2 amide bonds. The summed E-state index contributed by atoms with van der Waals surface area (Å²) in [7, 11) is 0. The van der Waals surface area contributed by atoms with E-state index in [4.69, 9.17) is 0 Å². The minimum absolute atomic E-state index is 0.143. The number of nitro groups is 1. The molecule has 9 heteroatoms. The number of ketones is 1. The Morgan fingerprint density at radius 2 is 1.74 bits per heavy atom. The molecule has 0 atom stereocenters. The van der Waals surface area contributed by atoms with Crippen molar-refractivity contribution in [2.75, 3.05) is 6.54 Å². The monoisotopic (exact) mass is 446 g/mol. The Morgan fingerprint density at radius 1 is 1.11 bits per heavy atom. The van der Waals surface area contributed by atoms with Crippen LogP contribution in [0.3, 0.4) is 0 Å². The third-order valence-electron chi connectivity index (χ3n) is 3.74. The van der Waals surface area contributed by atoms with E-state index in [1.807, 2.05) is 12.1 Å². The van der Waals surface area contributed by atoms with Crippen LogP contribution in [0.15, 0.2) is 57.9 Å². The van der Waals surface area contributed by atoms with Crippen molar-refractivity contribution in [1.82, 2.24) is 4.90 Å². The first-order valence-corrected chi connectivity index (χ1v) is 9.24. The van der Waals surface area contributed by atoms with Crippen LogP contribution in [0.4, 0.5) is 10.5 Å². The molecule has 136 valence electrons. The molecule has 1 aliphatic heterocycles. The number of carbonyl (C=O) groups excluding carboxylic acids is 3. The van der Waals surface area contributed by atoms with Gasteiger partial charge in [0.05, 0.1) is 16.4 Å². The lowest BCUT2D eigenvalue weighted by atomic mass is 10.1. The van der Waals surface area contributed by atoms with Gasteiger partial charge in [0, 0.05) is 22.2 Å². The number of amides is 2. The fourth-order valence-corrected chi connectivity index (χ4v) is 3.45. The van der Waals surface area contributed by atoms with E-state index in [0.717, 1.165) is 26.7 Å². The lowest BCUT2D eigenvalue weighted by molar-refractivity contribution is -0.384. The minimum atomic E-state index is -0.572. The lowest BCUT2D eigenvalue weighted by Gasteiger charge is -2.11. The van der Waals surface area contributed by atoms with Crippen LogP contribution in [0, 0.1) is 10.1 Å². The Bertz CT molecular complexity index is 970. The maximum Gasteiger partial charge on any atom is 0.293 e. The molecule has 1 aliphatic rings. The average molecular weight is 447 g/mol. The number of nitro benzene ring substituents is 1. The molecule has 7 nitrogen and oxygen atoms in total. The number of non-ortho nitro benzene ring substituents is 1. The van der Waals surface area contributed by atoms with Crippen molar-refractivity contribution in [3.63, 3.8) is 0 Å². The van der Waals surface area contributed by atoms with Gasteiger partial charge in [-0.2, -0.15) is 0 Å². The van der Waals surface area contributed by atoms with Crippen LogP contribution < -0.4 is 0 Å². The standard InChI is InChI=1S/C18H11BrN2O5S/c19-13-5-1-11(2-6-13)9-16-17(23)20(18(24)27-16)10-15(22)12-3-7-14(8-4-12)21(25)26/h1-9H,10H2/b16-9+. The van der Waals surface area contributed by atoms with Crippen LogP contribution in [0.25, 0.3) is 6.08 Å². The van der Waals surface area contributed by atoms with Crippen LogP contribution in [-0.2, 0) is 4.79 Å². The first-order chi connectivity index (χ1) is 12.8. The average Bonchev–Trinajstić information content (AvgIpc) is 2.91. The molecule has 0 bridgehead atoms. The Labute approximate surface area is 166 Å². The molecule has 0 aromatic heterocycles. The van der Waals surface area contributed by atoms with Gasteiger partial charge in [-0.15, -0.1) is 0 Å². The molecular weight excluding hydrogens is 436 g/mol. The van der Waals surface area contributed by atoms with Crippen molar-refractivity contribution >= 4 is 56.4 Å². The van der Waals surface area contributed by atoms with Gasteiger partial charge in [-0.05, 0) is 47.7 Å². The van der Waals surface area contributed by atoms with Gasteiger partial charge < -0.3 is 0 Å². The summed E-state index contributed by atoms with van der Waals surface area (Å²) in [5.41, 5.74) is 0.803. The fourth-order valence-electron chi connectivity index (χ4n) is 2.35. The molecule has 1 fully saturated rings. The third-order valence-corrected chi connectivity index (χ3v) is 5.18. The lowest BCUT2D eigenvalue weighted by Crippen LogP contribution is -2.33. The number of nitrogens with zero attached hydrogens (tertiary/aromatic N) is 2. The molecule has 0 saturated carbocycles. The van der Waals surface area contributed by atoms with E-state index < -0.39 is 28.4 Å². The highest BCUT2D eigenvalue weighted by atomic mass is 79.9. The van der Waals surface area contributed by atoms with Gasteiger partial charge in [-0.3, -0.25) is 29.4 Å². The number of hydrogen-bond acceptors (Lipinski definition) is 6. The number of imide groups is 1. The molecule has 1 heterocycles. The number of Topliss-reactive ketones (excluding diaryl/α,β-unsaturated/α-hetero) is 1. The molecule has 3 rings (SSSR count). The predicted octanol–water partition coefficient (Wildman–Crippen LogP) is 4.28. The van der Waals surface area contributed by atoms with Crippen molar-refractivity contribution in [2.45, 2.75) is 0 Å². The highest BCUT2D eigenvalue weighted by Crippen LogP contribution is 2.32. The summed E-state index contributed by atoms with van der Waals surface area (Å²) in [5.74, 6) is -1.01. The molecule has 1 saturated heterocycles. The minimum Gasteiger partial charge on any atom is -0.292 e. The molecule has 0 N–H and O–H groups in total. The van der Waals surface area contributed by atoms with E-state index >= 15 is 0 Å². The normalized spacial score (nSPS) is 15.4. The number of benzene rings is 2. The zero-order valence-electron chi connectivity index (χ0n) is 13.6. The van der Waals surface area contributed by atoms with Gasteiger partial charge in [-0.1, -0.05) is 28.1 Å². The summed E-state index contributed by atoms with van der Waals surface area (Å²) < 4.78 is 0.890. The molecule has 0 spiro atoms. The summed E-state index contributed by atoms with van der Waals surface area (Å²) in [6, 6.07) is 12.2. The van der Waals surface area contributed by atoms with Crippen LogP contribution in [0.1, 0.15) is 15.9 Å². The Morgan fingerprint density at radius 3 is 2.33 bits per heavy atom.